The summed E-state index contributed by atoms with van der Waals surface area (Å²) in [4.78, 5) is 0. The van der Waals surface area contributed by atoms with E-state index in [1.54, 1.807) is 0 Å². The number of rotatable bonds is 1. The van der Waals surface area contributed by atoms with Crippen molar-refractivity contribution in [3.8, 4) is 0 Å². The Hall–Kier alpha value is -0.530. The van der Waals surface area contributed by atoms with E-state index >= 15 is 0 Å². The van der Waals surface area contributed by atoms with Crippen LogP contribution in [0.5, 0.6) is 0 Å². The van der Waals surface area contributed by atoms with Gasteiger partial charge in [0.05, 0.1) is 0 Å². The molecule has 2 N–H and O–H groups in total. The minimum Gasteiger partial charge on any atom is -0.325 e. The molecule has 0 atom stereocenters. The fourth-order valence-corrected chi connectivity index (χ4v) is 3.85. The van der Waals surface area contributed by atoms with Gasteiger partial charge in [-0.1, -0.05) is 29.8 Å². The lowest BCUT2D eigenvalue weighted by molar-refractivity contribution is 0.107. The molecule has 1 aromatic carbocycles. The van der Waals surface area contributed by atoms with Gasteiger partial charge < -0.3 is 5.73 Å². The van der Waals surface area contributed by atoms with Gasteiger partial charge in [-0.2, -0.15) is 0 Å². The smallest absolute Gasteiger partial charge is 0.0443 e. The summed E-state index contributed by atoms with van der Waals surface area (Å²) in [5.41, 5.74) is 8.17. The third-order valence-corrected chi connectivity index (χ3v) is 5.08. The minimum atomic E-state index is 0.142. The predicted octanol–water partition coefficient (Wildman–Crippen LogP) is 3.64. The number of nitrogens with two attached hydrogens (primary N) is 1. The third kappa shape index (κ3) is 1.49. The van der Waals surface area contributed by atoms with E-state index in [1.807, 2.05) is 12.1 Å². The van der Waals surface area contributed by atoms with Crippen molar-refractivity contribution in [1.29, 1.82) is 0 Å². The molecule has 2 heteroatoms. The Labute approximate surface area is 102 Å². The SMILES string of the molecule is NC12CCC(c3ccccc3Cl)(CC1)CC2. The Morgan fingerprint density at radius 1 is 0.938 bits per heavy atom. The van der Waals surface area contributed by atoms with Crippen LogP contribution in [0.25, 0.3) is 0 Å². The van der Waals surface area contributed by atoms with Gasteiger partial charge in [0.2, 0.25) is 0 Å². The lowest BCUT2D eigenvalue weighted by Gasteiger charge is -2.52. The van der Waals surface area contributed by atoms with E-state index in [2.05, 4.69) is 12.1 Å². The van der Waals surface area contributed by atoms with Gasteiger partial charge in [0.25, 0.3) is 0 Å². The average molecular weight is 236 g/mol. The highest BCUT2D eigenvalue weighted by molar-refractivity contribution is 6.31. The molecule has 1 aromatic rings. The molecule has 0 saturated heterocycles. The fourth-order valence-electron chi connectivity index (χ4n) is 3.51. The lowest BCUT2D eigenvalue weighted by atomic mass is 9.55. The molecule has 0 aromatic heterocycles. The second-order valence-electron chi connectivity index (χ2n) is 5.62. The van der Waals surface area contributed by atoms with Crippen LogP contribution in [0.15, 0.2) is 24.3 Å². The molecule has 3 saturated carbocycles. The zero-order valence-electron chi connectivity index (χ0n) is 9.51. The monoisotopic (exact) mass is 235 g/mol. The molecular weight excluding hydrogens is 218 g/mol. The Morgan fingerprint density at radius 2 is 1.50 bits per heavy atom. The maximum absolute atomic E-state index is 6.35. The van der Waals surface area contributed by atoms with Crippen LogP contribution in [0.2, 0.25) is 5.02 Å². The fraction of sp³-hybridized carbons (Fsp3) is 0.571. The van der Waals surface area contributed by atoms with Crippen LogP contribution in [-0.2, 0) is 5.41 Å². The third-order valence-electron chi connectivity index (χ3n) is 4.75. The van der Waals surface area contributed by atoms with E-state index in [9.17, 15) is 0 Å². The highest BCUT2D eigenvalue weighted by Crippen LogP contribution is 2.53. The van der Waals surface area contributed by atoms with Crippen LogP contribution in [-0.4, -0.2) is 5.54 Å². The van der Waals surface area contributed by atoms with Crippen LogP contribution < -0.4 is 5.73 Å². The summed E-state index contributed by atoms with van der Waals surface area (Å²) in [6.45, 7) is 0. The second-order valence-corrected chi connectivity index (χ2v) is 6.03. The van der Waals surface area contributed by atoms with Gasteiger partial charge in [-0.3, -0.25) is 0 Å². The molecule has 86 valence electrons. The minimum absolute atomic E-state index is 0.142. The molecule has 16 heavy (non-hydrogen) atoms. The normalized spacial score (nSPS) is 37.6. The maximum Gasteiger partial charge on any atom is 0.0443 e. The summed E-state index contributed by atoms with van der Waals surface area (Å²) in [5, 5.41) is 0.939. The topological polar surface area (TPSA) is 26.0 Å². The first-order valence-corrected chi connectivity index (χ1v) is 6.55. The molecule has 0 unspecified atom stereocenters. The van der Waals surface area contributed by atoms with Gasteiger partial charge in [-0.15, -0.1) is 0 Å². The Morgan fingerprint density at radius 3 is 2.06 bits per heavy atom. The molecule has 3 aliphatic rings. The highest BCUT2D eigenvalue weighted by Gasteiger charge is 2.47. The lowest BCUT2D eigenvalue weighted by Crippen LogP contribution is -2.53. The quantitative estimate of drug-likeness (QED) is 0.790. The van der Waals surface area contributed by atoms with Gasteiger partial charge in [0, 0.05) is 10.6 Å². The summed E-state index contributed by atoms with van der Waals surface area (Å²) < 4.78 is 0. The predicted molar refractivity (Wildman–Crippen MR) is 67.8 cm³/mol. The molecule has 3 aliphatic carbocycles. The van der Waals surface area contributed by atoms with Gasteiger partial charge >= 0.3 is 0 Å². The molecular formula is C14H18ClN. The molecule has 0 radical (unpaired) electrons. The highest BCUT2D eigenvalue weighted by atomic mass is 35.5. The van der Waals surface area contributed by atoms with Gasteiger partial charge in [-0.05, 0) is 55.6 Å². The number of hydrogen-bond acceptors (Lipinski definition) is 1. The van der Waals surface area contributed by atoms with Crippen LogP contribution in [0.3, 0.4) is 0 Å². The second kappa shape index (κ2) is 3.48. The Balaban J connectivity index is 1.99. The molecule has 0 spiro atoms. The van der Waals surface area contributed by atoms with E-state index in [1.165, 1.54) is 24.8 Å². The van der Waals surface area contributed by atoms with Crippen LogP contribution >= 0.6 is 11.6 Å². The molecule has 2 bridgehead atoms. The van der Waals surface area contributed by atoms with E-state index in [-0.39, 0.29) is 5.54 Å². The number of benzene rings is 1. The van der Waals surface area contributed by atoms with Crippen molar-refractivity contribution in [3.63, 3.8) is 0 Å². The Kier molecular flexibility index (Phi) is 2.31. The first-order chi connectivity index (χ1) is 7.64. The number of fused-ring (bicyclic) bond motifs is 3. The molecule has 1 nitrogen and oxygen atoms in total. The van der Waals surface area contributed by atoms with Crippen molar-refractivity contribution < 1.29 is 0 Å². The maximum atomic E-state index is 6.35. The van der Waals surface area contributed by atoms with E-state index < -0.39 is 0 Å². The van der Waals surface area contributed by atoms with Crippen LogP contribution in [0, 0.1) is 0 Å². The van der Waals surface area contributed by atoms with Crippen LogP contribution in [0.4, 0.5) is 0 Å². The molecule has 0 aliphatic heterocycles. The number of halogens is 1. The standard InChI is InChI=1S/C14H18ClN/c15-12-4-2-1-3-11(12)13-5-8-14(16,9-6-13)10-7-13/h1-4H,5-10,16H2. The van der Waals surface area contributed by atoms with Crippen molar-refractivity contribution in [2.24, 2.45) is 5.73 Å². The first-order valence-electron chi connectivity index (χ1n) is 6.18. The summed E-state index contributed by atoms with van der Waals surface area (Å²) in [6.07, 6.45) is 7.14. The zero-order valence-corrected chi connectivity index (χ0v) is 10.3. The molecule has 4 rings (SSSR count). The molecule has 3 fully saturated rings. The van der Waals surface area contributed by atoms with Crippen molar-refractivity contribution >= 4 is 11.6 Å². The van der Waals surface area contributed by atoms with Gasteiger partial charge in [0.15, 0.2) is 0 Å². The van der Waals surface area contributed by atoms with Gasteiger partial charge in [0.1, 0.15) is 0 Å². The van der Waals surface area contributed by atoms with E-state index in [0.29, 0.717) is 5.41 Å². The average Bonchev–Trinajstić information content (AvgIpc) is 2.31. The van der Waals surface area contributed by atoms with Crippen LogP contribution in [0.1, 0.15) is 44.1 Å². The summed E-state index contributed by atoms with van der Waals surface area (Å²) >= 11 is 6.35. The summed E-state index contributed by atoms with van der Waals surface area (Å²) in [7, 11) is 0. The summed E-state index contributed by atoms with van der Waals surface area (Å²) in [6, 6.07) is 8.35. The van der Waals surface area contributed by atoms with Crippen molar-refractivity contribution in [2.75, 3.05) is 0 Å². The molecule has 0 heterocycles. The summed E-state index contributed by atoms with van der Waals surface area (Å²) in [5.74, 6) is 0. The number of hydrogen-bond donors (Lipinski definition) is 1. The van der Waals surface area contributed by atoms with Crippen molar-refractivity contribution in [2.45, 2.75) is 49.5 Å². The van der Waals surface area contributed by atoms with Gasteiger partial charge in [-0.25, -0.2) is 0 Å². The zero-order chi connectivity index (χ0) is 11.2. The molecule has 0 amide bonds. The van der Waals surface area contributed by atoms with Crippen molar-refractivity contribution in [1.82, 2.24) is 0 Å². The van der Waals surface area contributed by atoms with E-state index in [0.717, 1.165) is 24.3 Å². The Bertz CT molecular complexity index is 388. The van der Waals surface area contributed by atoms with E-state index in [4.69, 9.17) is 17.3 Å². The van der Waals surface area contributed by atoms with Crippen molar-refractivity contribution in [3.05, 3.63) is 34.9 Å². The largest absolute Gasteiger partial charge is 0.325 e. The first kappa shape index (κ1) is 10.6.